The van der Waals surface area contributed by atoms with Crippen LogP contribution in [0.2, 0.25) is 0 Å². The maximum atomic E-state index is 12.2. The van der Waals surface area contributed by atoms with Gasteiger partial charge in [-0.1, -0.05) is 15.9 Å². The van der Waals surface area contributed by atoms with Gasteiger partial charge in [0, 0.05) is 4.47 Å². The van der Waals surface area contributed by atoms with Gasteiger partial charge in [0.25, 0.3) is 0 Å². The quantitative estimate of drug-likeness (QED) is 0.469. The van der Waals surface area contributed by atoms with Gasteiger partial charge < -0.3 is 8.92 Å². The van der Waals surface area contributed by atoms with E-state index in [0.29, 0.717) is 0 Å². The molecule has 106 valence electrons. The van der Waals surface area contributed by atoms with Crippen molar-refractivity contribution in [3.05, 3.63) is 28.2 Å². The Labute approximate surface area is 114 Å². The zero-order valence-electron chi connectivity index (χ0n) is 9.19. The highest BCUT2D eigenvalue weighted by molar-refractivity contribution is 9.10. The molecule has 0 N–H and O–H groups in total. The maximum absolute atomic E-state index is 12.2. The molecule has 1 aromatic carbocycles. The zero-order chi connectivity index (χ0) is 14.8. The molecule has 0 saturated heterocycles. The molecule has 10 heteroatoms. The standard InChI is InChI=1S/C9H6BrF3O5S/c1-17-8(14)6-3-2-5(10)4-7(6)18-19(15,16)9(11,12)13/h2-4H,1H3. The molecular formula is C9H6BrF3O5S. The predicted molar refractivity (Wildman–Crippen MR) is 61.1 cm³/mol. The number of carbonyl (C=O) groups excluding carboxylic acids is 1. The van der Waals surface area contributed by atoms with Gasteiger partial charge in [0.1, 0.15) is 5.56 Å². The third-order valence-electron chi connectivity index (χ3n) is 1.83. The van der Waals surface area contributed by atoms with E-state index in [1.807, 2.05) is 0 Å². The fourth-order valence-electron chi connectivity index (χ4n) is 1.01. The molecule has 19 heavy (non-hydrogen) atoms. The van der Waals surface area contributed by atoms with E-state index in [1.54, 1.807) is 0 Å². The summed E-state index contributed by atoms with van der Waals surface area (Å²) >= 11 is 2.92. The second kappa shape index (κ2) is 5.37. The smallest absolute Gasteiger partial charge is 0.465 e. The predicted octanol–water partition coefficient (Wildman–Crippen LogP) is 2.46. The second-order valence-electron chi connectivity index (χ2n) is 3.12. The molecule has 0 aliphatic carbocycles. The van der Waals surface area contributed by atoms with Gasteiger partial charge in [-0.05, 0) is 18.2 Å². The molecule has 0 atom stereocenters. The lowest BCUT2D eigenvalue weighted by molar-refractivity contribution is -0.0500. The van der Waals surface area contributed by atoms with Crippen LogP contribution in [0.3, 0.4) is 0 Å². The van der Waals surface area contributed by atoms with E-state index in [2.05, 4.69) is 24.8 Å². The van der Waals surface area contributed by atoms with Crippen molar-refractivity contribution in [2.24, 2.45) is 0 Å². The molecule has 5 nitrogen and oxygen atoms in total. The molecule has 0 aliphatic heterocycles. The summed E-state index contributed by atoms with van der Waals surface area (Å²) in [5.74, 6) is -1.81. The van der Waals surface area contributed by atoms with Crippen molar-refractivity contribution < 1.29 is 35.3 Å². The minimum absolute atomic E-state index is 0.229. The minimum atomic E-state index is -5.86. The van der Waals surface area contributed by atoms with Gasteiger partial charge in [-0.3, -0.25) is 0 Å². The summed E-state index contributed by atoms with van der Waals surface area (Å²) in [7, 11) is -4.87. The molecule has 0 aliphatic rings. The number of benzene rings is 1. The number of hydrogen-bond acceptors (Lipinski definition) is 5. The Balaban J connectivity index is 3.28. The van der Waals surface area contributed by atoms with Gasteiger partial charge in [0.15, 0.2) is 5.75 Å². The van der Waals surface area contributed by atoms with Crippen LogP contribution in [0.25, 0.3) is 0 Å². The third-order valence-corrected chi connectivity index (χ3v) is 3.29. The van der Waals surface area contributed by atoms with E-state index in [4.69, 9.17) is 0 Å². The summed E-state index contributed by atoms with van der Waals surface area (Å²) in [4.78, 5) is 11.3. The number of halogens is 4. The van der Waals surface area contributed by atoms with Crippen molar-refractivity contribution in [1.29, 1.82) is 0 Å². The molecule has 0 saturated carbocycles. The van der Waals surface area contributed by atoms with E-state index < -0.39 is 32.9 Å². The molecule has 0 heterocycles. The number of carbonyl (C=O) groups is 1. The van der Waals surface area contributed by atoms with Gasteiger partial charge in [-0.15, -0.1) is 0 Å². The molecule has 1 rings (SSSR count). The average molecular weight is 363 g/mol. The highest BCUT2D eigenvalue weighted by Crippen LogP contribution is 2.31. The lowest BCUT2D eigenvalue weighted by Crippen LogP contribution is -2.28. The summed E-state index contributed by atoms with van der Waals surface area (Å²) < 4.78 is 66.8. The number of hydrogen-bond donors (Lipinski definition) is 0. The van der Waals surface area contributed by atoms with Gasteiger partial charge in [-0.25, -0.2) is 4.79 Å². The Morgan fingerprint density at radius 2 is 1.89 bits per heavy atom. The molecular weight excluding hydrogens is 357 g/mol. The summed E-state index contributed by atoms with van der Waals surface area (Å²) in [6.07, 6.45) is 0. The summed E-state index contributed by atoms with van der Waals surface area (Å²) in [6.45, 7) is 0. The highest BCUT2D eigenvalue weighted by Gasteiger charge is 2.49. The van der Waals surface area contributed by atoms with E-state index >= 15 is 0 Å². The number of alkyl halides is 3. The summed E-state index contributed by atoms with van der Waals surface area (Å²) in [5.41, 5.74) is -6.04. The fourth-order valence-corrected chi connectivity index (χ4v) is 1.82. The van der Waals surface area contributed by atoms with Gasteiger partial charge in [0.2, 0.25) is 0 Å². The molecule has 0 unspecified atom stereocenters. The van der Waals surface area contributed by atoms with Crippen molar-refractivity contribution in [2.45, 2.75) is 5.51 Å². The minimum Gasteiger partial charge on any atom is -0.465 e. The molecule has 0 fully saturated rings. The first kappa shape index (κ1) is 15.8. The first-order valence-corrected chi connectivity index (χ1v) is 6.67. The van der Waals surface area contributed by atoms with Crippen LogP contribution < -0.4 is 4.18 Å². The van der Waals surface area contributed by atoms with Crippen LogP contribution in [0.1, 0.15) is 10.4 Å². The molecule has 0 aromatic heterocycles. The summed E-state index contributed by atoms with van der Waals surface area (Å²) in [5, 5.41) is 0. The van der Waals surface area contributed by atoms with Crippen molar-refractivity contribution in [3.8, 4) is 5.75 Å². The van der Waals surface area contributed by atoms with Crippen LogP contribution in [0.5, 0.6) is 5.75 Å². The Bertz CT molecular complexity index is 596. The topological polar surface area (TPSA) is 69.7 Å². The summed E-state index contributed by atoms with van der Waals surface area (Å²) in [6, 6.07) is 3.30. The largest absolute Gasteiger partial charge is 0.534 e. The first-order chi connectivity index (χ1) is 8.58. The monoisotopic (exact) mass is 362 g/mol. The van der Waals surface area contributed by atoms with Crippen LogP contribution in [-0.4, -0.2) is 27.0 Å². The van der Waals surface area contributed by atoms with Crippen molar-refractivity contribution >= 4 is 32.0 Å². The van der Waals surface area contributed by atoms with Crippen LogP contribution in [0, 0.1) is 0 Å². The zero-order valence-corrected chi connectivity index (χ0v) is 11.6. The Kier molecular flexibility index (Phi) is 4.46. The number of ether oxygens (including phenoxy) is 1. The number of esters is 1. The molecule has 0 spiro atoms. The SMILES string of the molecule is COC(=O)c1ccc(Br)cc1OS(=O)(=O)C(F)(F)F. The van der Waals surface area contributed by atoms with Crippen LogP contribution >= 0.6 is 15.9 Å². The van der Waals surface area contributed by atoms with Crippen LogP contribution in [0.4, 0.5) is 13.2 Å². The first-order valence-electron chi connectivity index (χ1n) is 4.47. The van der Waals surface area contributed by atoms with Crippen molar-refractivity contribution in [2.75, 3.05) is 7.11 Å². The third kappa shape index (κ3) is 3.60. The fraction of sp³-hybridized carbons (Fsp3) is 0.222. The molecule has 0 radical (unpaired) electrons. The molecule has 1 aromatic rings. The van der Waals surface area contributed by atoms with E-state index in [1.165, 1.54) is 6.07 Å². The van der Waals surface area contributed by atoms with E-state index in [-0.39, 0.29) is 4.47 Å². The second-order valence-corrected chi connectivity index (χ2v) is 5.57. The lowest BCUT2D eigenvalue weighted by Gasteiger charge is -2.12. The Morgan fingerprint density at radius 1 is 1.32 bits per heavy atom. The Hall–Kier alpha value is -1.29. The molecule has 0 bridgehead atoms. The average Bonchev–Trinajstić information content (AvgIpc) is 2.26. The van der Waals surface area contributed by atoms with Crippen LogP contribution in [-0.2, 0) is 14.9 Å². The van der Waals surface area contributed by atoms with Crippen molar-refractivity contribution in [1.82, 2.24) is 0 Å². The van der Waals surface area contributed by atoms with Gasteiger partial charge >= 0.3 is 21.6 Å². The van der Waals surface area contributed by atoms with E-state index in [9.17, 15) is 26.4 Å². The van der Waals surface area contributed by atoms with Gasteiger partial charge in [-0.2, -0.15) is 21.6 Å². The Morgan fingerprint density at radius 3 is 2.37 bits per heavy atom. The van der Waals surface area contributed by atoms with Crippen molar-refractivity contribution in [3.63, 3.8) is 0 Å². The number of methoxy groups -OCH3 is 1. The molecule has 0 amide bonds. The normalized spacial score (nSPS) is 12.1. The highest BCUT2D eigenvalue weighted by atomic mass is 79.9. The maximum Gasteiger partial charge on any atom is 0.534 e. The lowest BCUT2D eigenvalue weighted by atomic mass is 10.2. The van der Waals surface area contributed by atoms with E-state index in [0.717, 1.165) is 19.2 Å². The van der Waals surface area contributed by atoms with Crippen LogP contribution in [0.15, 0.2) is 22.7 Å². The number of rotatable bonds is 3. The van der Waals surface area contributed by atoms with Gasteiger partial charge in [0.05, 0.1) is 7.11 Å².